The number of aromatic nitrogens is 2. The van der Waals surface area contributed by atoms with Gasteiger partial charge in [-0.3, -0.25) is 4.79 Å². The summed E-state index contributed by atoms with van der Waals surface area (Å²) < 4.78 is 0. The average molecular weight is 408 g/mol. The van der Waals surface area contributed by atoms with Crippen LogP contribution in [0.1, 0.15) is 54.1 Å². The lowest BCUT2D eigenvalue weighted by Crippen LogP contribution is -2.49. The van der Waals surface area contributed by atoms with E-state index in [0.29, 0.717) is 19.1 Å². The van der Waals surface area contributed by atoms with E-state index in [1.165, 1.54) is 19.3 Å². The third-order valence-electron chi connectivity index (χ3n) is 6.39. The van der Waals surface area contributed by atoms with Crippen LogP contribution in [0.3, 0.4) is 0 Å². The molecule has 6 nitrogen and oxygen atoms in total. The fourth-order valence-corrected chi connectivity index (χ4v) is 4.79. The lowest BCUT2D eigenvalue weighted by Gasteiger charge is -2.37. The molecular weight excluding hydrogens is 374 g/mol. The van der Waals surface area contributed by atoms with E-state index in [-0.39, 0.29) is 5.91 Å². The second-order valence-electron chi connectivity index (χ2n) is 8.66. The van der Waals surface area contributed by atoms with Gasteiger partial charge in [0.2, 0.25) is 0 Å². The lowest BCUT2D eigenvalue weighted by atomic mass is 10.0. The summed E-state index contributed by atoms with van der Waals surface area (Å²) in [6.07, 6.45) is 4.94. The molecule has 1 aromatic heterocycles. The monoisotopic (exact) mass is 407 g/mol. The molecule has 0 aliphatic carbocycles. The zero-order valence-corrected chi connectivity index (χ0v) is 18.5. The van der Waals surface area contributed by atoms with Gasteiger partial charge in [-0.05, 0) is 63.8 Å². The number of aryl methyl sites for hydroxylation is 2. The van der Waals surface area contributed by atoms with E-state index in [0.717, 1.165) is 54.4 Å². The molecule has 30 heavy (non-hydrogen) atoms. The van der Waals surface area contributed by atoms with Crippen molar-refractivity contribution in [3.63, 3.8) is 0 Å². The first-order chi connectivity index (χ1) is 14.5. The minimum atomic E-state index is 0.124. The van der Waals surface area contributed by atoms with Gasteiger partial charge in [-0.1, -0.05) is 24.1 Å². The first-order valence-electron chi connectivity index (χ1n) is 11.3. The Labute approximate surface area is 179 Å². The van der Waals surface area contributed by atoms with E-state index in [4.69, 9.17) is 0 Å². The largest absolute Gasteiger partial charge is 0.352 e. The highest BCUT2D eigenvalue weighted by Gasteiger charge is 2.25. The molecule has 160 valence electrons. The fraction of sp³-hybridized carbons (Fsp3) is 0.542. The summed E-state index contributed by atoms with van der Waals surface area (Å²) >= 11 is 0. The summed E-state index contributed by atoms with van der Waals surface area (Å²) in [5.74, 6) is 2.02. The molecule has 0 bridgehead atoms. The Kier molecular flexibility index (Phi) is 6.21. The number of carbonyl (C=O) groups is 1. The van der Waals surface area contributed by atoms with Crippen LogP contribution in [0.2, 0.25) is 0 Å². The molecule has 2 saturated heterocycles. The zero-order chi connectivity index (χ0) is 21.1. The number of piperidine rings is 1. The Balaban J connectivity index is 1.37. The van der Waals surface area contributed by atoms with Crippen LogP contribution in [-0.2, 0) is 0 Å². The Bertz CT molecular complexity index is 853. The van der Waals surface area contributed by atoms with Gasteiger partial charge < -0.3 is 14.7 Å². The first-order valence-corrected chi connectivity index (χ1v) is 11.3. The second-order valence-corrected chi connectivity index (χ2v) is 8.66. The predicted octanol–water partition coefficient (Wildman–Crippen LogP) is 3.82. The van der Waals surface area contributed by atoms with E-state index < -0.39 is 0 Å². The molecule has 2 aliphatic heterocycles. The van der Waals surface area contributed by atoms with Crippen LogP contribution in [0.25, 0.3) is 0 Å². The summed E-state index contributed by atoms with van der Waals surface area (Å²) in [6.45, 7) is 10.4. The number of benzene rings is 1. The van der Waals surface area contributed by atoms with Gasteiger partial charge in [-0.2, -0.15) is 0 Å². The maximum Gasteiger partial charge on any atom is 0.253 e. The standard InChI is InChI=1S/C24H33N5O/c1-4-21-7-5-6-10-29(21)23-9-8-22(25-26-23)27-11-13-28(14-12-27)24(30)20-16-18(2)15-19(3)17-20/h8-9,15-17,21H,4-7,10-14H2,1-3H3. The maximum absolute atomic E-state index is 12.9. The van der Waals surface area contributed by atoms with Gasteiger partial charge in [0.25, 0.3) is 5.91 Å². The third kappa shape index (κ3) is 4.42. The van der Waals surface area contributed by atoms with Gasteiger partial charge in [-0.15, -0.1) is 10.2 Å². The van der Waals surface area contributed by atoms with Crippen LogP contribution >= 0.6 is 0 Å². The summed E-state index contributed by atoms with van der Waals surface area (Å²) in [6, 6.07) is 10.9. The topological polar surface area (TPSA) is 52.6 Å². The second kappa shape index (κ2) is 9.02. The maximum atomic E-state index is 12.9. The Morgan fingerprint density at radius 2 is 1.60 bits per heavy atom. The molecule has 0 saturated carbocycles. The van der Waals surface area contributed by atoms with Crippen molar-refractivity contribution in [1.82, 2.24) is 15.1 Å². The van der Waals surface area contributed by atoms with Gasteiger partial charge in [-0.25, -0.2) is 0 Å². The molecule has 0 radical (unpaired) electrons. The van der Waals surface area contributed by atoms with Crippen molar-refractivity contribution < 1.29 is 4.79 Å². The Morgan fingerprint density at radius 3 is 2.23 bits per heavy atom. The van der Waals surface area contributed by atoms with Gasteiger partial charge >= 0.3 is 0 Å². The molecule has 2 fully saturated rings. The molecule has 2 aliphatic rings. The van der Waals surface area contributed by atoms with Crippen LogP contribution in [0.15, 0.2) is 30.3 Å². The Hall–Kier alpha value is -2.63. The van der Waals surface area contributed by atoms with Crippen molar-refractivity contribution in [2.75, 3.05) is 42.5 Å². The normalized spacial score (nSPS) is 19.8. The summed E-state index contributed by atoms with van der Waals surface area (Å²) in [4.78, 5) is 19.5. The molecule has 1 amide bonds. The number of nitrogens with zero attached hydrogens (tertiary/aromatic N) is 5. The number of amides is 1. The van der Waals surface area contributed by atoms with Gasteiger partial charge in [0, 0.05) is 44.3 Å². The highest BCUT2D eigenvalue weighted by molar-refractivity contribution is 5.94. The van der Waals surface area contributed by atoms with Crippen LogP contribution in [0.4, 0.5) is 11.6 Å². The van der Waals surface area contributed by atoms with Crippen LogP contribution in [0.5, 0.6) is 0 Å². The highest BCUT2D eigenvalue weighted by atomic mass is 16.2. The van der Waals surface area contributed by atoms with E-state index >= 15 is 0 Å². The number of anilines is 2. The van der Waals surface area contributed by atoms with Crippen molar-refractivity contribution in [1.29, 1.82) is 0 Å². The molecule has 6 heteroatoms. The minimum Gasteiger partial charge on any atom is -0.352 e. The fourth-order valence-electron chi connectivity index (χ4n) is 4.79. The number of hydrogen-bond acceptors (Lipinski definition) is 5. The van der Waals surface area contributed by atoms with Gasteiger partial charge in [0.05, 0.1) is 0 Å². The number of carbonyl (C=O) groups excluding carboxylic acids is 1. The van der Waals surface area contributed by atoms with E-state index in [9.17, 15) is 4.79 Å². The number of hydrogen-bond donors (Lipinski definition) is 0. The van der Waals surface area contributed by atoms with Crippen LogP contribution in [-0.4, -0.2) is 59.8 Å². The summed E-state index contributed by atoms with van der Waals surface area (Å²) in [7, 11) is 0. The zero-order valence-electron chi connectivity index (χ0n) is 18.5. The van der Waals surface area contributed by atoms with Crippen molar-refractivity contribution in [3.8, 4) is 0 Å². The molecule has 0 spiro atoms. The Morgan fingerprint density at radius 1 is 0.933 bits per heavy atom. The third-order valence-corrected chi connectivity index (χ3v) is 6.39. The molecule has 3 heterocycles. The number of piperazine rings is 1. The van der Waals surface area contributed by atoms with Gasteiger partial charge in [0.15, 0.2) is 11.6 Å². The van der Waals surface area contributed by atoms with Crippen molar-refractivity contribution in [2.24, 2.45) is 0 Å². The molecule has 0 N–H and O–H groups in total. The van der Waals surface area contributed by atoms with E-state index in [1.807, 2.05) is 30.9 Å². The molecule has 2 aromatic rings. The summed E-state index contributed by atoms with van der Waals surface area (Å²) in [5, 5.41) is 9.08. The molecule has 1 unspecified atom stereocenters. The molecule has 1 aromatic carbocycles. The first kappa shape index (κ1) is 20.6. The predicted molar refractivity (Wildman–Crippen MR) is 121 cm³/mol. The summed E-state index contributed by atoms with van der Waals surface area (Å²) in [5.41, 5.74) is 3.05. The molecular formula is C24H33N5O. The van der Waals surface area contributed by atoms with E-state index in [2.05, 4.69) is 45.1 Å². The average Bonchev–Trinajstić information content (AvgIpc) is 2.78. The smallest absolute Gasteiger partial charge is 0.253 e. The van der Waals surface area contributed by atoms with Crippen molar-refractivity contribution in [3.05, 3.63) is 47.0 Å². The molecule has 1 atom stereocenters. The SMILES string of the molecule is CCC1CCCCN1c1ccc(N2CCN(C(=O)c3cc(C)cc(C)c3)CC2)nn1. The minimum absolute atomic E-state index is 0.124. The molecule has 4 rings (SSSR count). The van der Waals surface area contributed by atoms with Crippen LogP contribution in [0, 0.1) is 13.8 Å². The van der Waals surface area contributed by atoms with Crippen molar-refractivity contribution in [2.45, 2.75) is 52.5 Å². The van der Waals surface area contributed by atoms with E-state index in [1.54, 1.807) is 0 Å². The quantitative estimate of drug-likeness (QED) is 0.771. The number of rotatable bonds is 4. The lowest BCUT2D eigenvalue weighted by molar-refractivity contribution is 0.0746. The van der Waals surface area contributed by atoms with Crippen molar-refractivity contribution >= 4 is 17.5 Å². The van der Waals surface area contributed by atoms with Crippen LogP contribution < -0.4 is 9.80 Å². The van der Waals surface area contributed by atoms with Gasteiger partial charge in [0.1, 0.15) is 0 Å². The highest BCUT2D eigenvalue weighted by Crippen LogP contribution is 2.25.